The van der Waals surface area contributed by atoms with Gasteiger partial charge in [-0.25, -0.2) is 4.98 Å². The zero-order chi connectivity index (χ0) is 9.97. The van der Waals surface area contributed by atoms with Crippen molar-refractivity contribution in [2.45, 2.75) is 6.54 Å². The number of fused-ring (bicyclic) bond motifs is 1. The van der Waals surface area contributed by atoms with Crippen LogP contribution < -0.4 is 10.5 Å². The summed E-state index contributed by atoms with van der Waals surface area (Å²) in [6.45, 7) is 0.458. The molecule has 4 nitrogen and oxygen atoms in total. The molecule has 0 radical (unpaired) electrons. The average molecular weight is 189 g/mol. The summed E-state index contributed by atoms with van der Waals surface area (Å²) < 4.78 is 5.04. The first-order valence-electron chi connectivity index (χ1n) is 4.34. The second-order valence-electron chi connectivity index (χ2n) is 2.90. The highest BCUT2D eigenvalue weighted by Crippen LogP contribution is 2.17. The molecule has 2 rings (SSSR count). The first kappa shape index (κ1) is 8.90. The van der Waals surface area contributed by atoms with Gasteiger partial charge in [0.1, 0.15) is 0 Å². The van der Waals surface area contributed by atoms with E-state index in [9.17, 15) is 0 Å². The van der Waals surface area contributed by atoms with Gasteiger partial charge in [0.2, 0.25) is 5.88 Å². The molecular formula is C10H11N3O. The third kappa shape index (κ3) is 1.40. The van der Waals surface area contributed by atoms with E-state index in [-0.39, 0.29) is 0 Å². The third-order valence-corrected chi connectivity index (χ3v) is 2.07. The van der Waals surface area contributed by atoms with E-state index in [0.29, 0.717) is 12.4 Å². The summed E-state index contributed by atoms with van der Waals surface area (Å²) in [6, 6.07) is 5.53. The molecule has 14 heavy (non-hydrogen) atoms. The minimum absolute atomic E-state index is 0.458. The summed E-state index contributed by atoms with van der Waals surface area (Å²) in [5.41, 5.74) is 8.23. The number of aromatic nitrogens is 2. The van der Waals surface area contributed by atoms with Crippen molar-refractivity contribution in [1.82, 2.24) is 9.97 Å². The van der Waals surface area contributed by atoms with Crippen molar-refractivity contribution in [2.24, 2.45) is 5.73 Å². The smallest absolute Gasteiger partial charge is 0.213 e. The average Bonchev–Trinajstić information content (AvgIpc) is 2.27. The zero-order valence-electron chi connectivity index (χ0n) is 7.90. The lowest BCUT2D eigenvalue weighted by Crippen LogP contribution is -2.00. The van der Waals surface area contributed by atoms with Crippen molar-refractivity contribution in [3.05, 3.63) is 30.0 Å². The Labute approximate surface area is 81.7 Å². The molecule has 0 aliphatic carbocycles. The summed E-state index contributed by atoms with van der Waals surface area (Å²) in [4.78, 5) is 8.49. The molecule has 2 N–H and O–H groups in total. The quantitative estimate of drug-likeness (QED) is 0.768. The van der Waals surface area contributed by atoms with Crippen molar-refractivity contribution in [2.75, 3.05) is 7.11 Å². The lowest BCUT2D eigenvalue weighted by atomic mass is 10.2. The van der Waals surface area contributed by atoms with Crippen LogP contribution in [0.15, 0.2) is 24.4 Å². The molecule has 0 aliphatic rings. The highest BCUT2D eigenvalue weighted by molar-refractivity contribution is 5.78. The minimum Gasteiger partial charge on any atom is -0.481 e. The Morgan fingerprint density at radius 2 is 2.21 bits per heavy atom. The Bertz CT molecular complexity index is 456. The molecule has 2 aromatic rings. The molecule has 72 valence electrons. The molecule has 0 aromatic carbocycles. The number of nitrogens with two attached hydrogens (primary N) is 1. The largest absolute Gasteiger partial charge is 0.481 e. The lowest BCUT2D eigenvalue weighted by molar-refractivity contribution is 0.399. The number of rotatable bonds is 2. The minimum atomic E-state index is 0.458. The van der Waals surface area contributed by atoms with Gasteiger partial charge in [-0.3, -0.25) is 4.98 Å². The van der Waals surface area contributed by atoms with Gasteiger partial charge in [0, 0.05) is 18.8 Å². The van der Waals surface area contributed by atoms with Gasteiger partial charge in [-0.2, -0.15) is 0 Å². The van der Waals surface area contributed by atoms with Crippen LogP contribution in [0.2, 0.25) is 0 Å². The molecule has 0 fully saturated rings. The third-order valence-electron chi connectivity index (χ3n) is 2.07. The molecule has 0 saturated heterocycles. The Balaban J connectivity index is 2.70. The van der Waals surface area contributed by atoms with E-state index in [1.54, 1.807) is 19.4 Å². The number of pyridine rings is 2. The first-order valence-corrected chi connectivity index (χ1v) is 4.34. The summed E-state index contributed by atoms with van der Waals surface area (Å²) in [5, 5.41) is 0. The van der Waals surface area contributed by atoms with Crippen molar-refractivity contribution in [1.29, 1.82) is 0 Å². The van der Waals surface area contributed by atoms with Gasteiger partial charge in [-0.15, -0.1) is 0 Å². The number of methoxy groups -OCH3 is 1. The van der Waals surface area contributed by atoms with Gasteiger partial charge in [0.05, 0.1) is 18.1 Å². The number of ether oxygens (including phenoxy) is 1. The molecule has 0 saturated carbocycles. The second kappa shape index (κ2) is 3.59. The standard InChI is InChI=1S/C10H11N3O/c1-14-9-3-2-8-10(13-9)7(6-11)4-5-12-8/h2-5H,6,11H2,1H3. The van der Waals surface area contributed by atoms with E-state index in [1.165, 1.54) is 0 Å². The van der Waals surface area contributed by atoms with Crippen LogP contribution in [0.1, 0.15) is 5.56 Å². The van der Waals surface area contributed by atoms with Crippen LogP contribution in [0.5, 0.6) is 5.88 Å². The number of hydrogen-bond donors (Lipinski definition) is 1. The van der Waals surface area contributed by atoms with Crippen LogP contribution in [0.25, 0.3) is 11.0 Å². The van der Waals surface area contributed by atoms with E-state index in [1.807, 2.05) is 12.1 Å². The molecule has 0 aliphatic heterocycles. The summed E-state index contributed by atoms with van der Waals surface area (Å²) >= 11 is 0. The highest BCUT2D eigenvalue weighted by Gasteiger charge is 2.03. The second-order valence-corrected chi connectivity index (χ2v) is 2.90. The van der Waals surface area contributed by atoms with Crippen LogP contribution in [-0.4, -0.2) is 17.1 Å². The van der Waals surface area contributed by atoms with Gasteiger partial charge in [0.15, 0.2) is 0 Å². The highest BCUT2D eigenvalue weighted by atomic mass is 16.5. The monoisotopic (exact) mass is 189 g/mol. The van der Waals surface area contributed by atoms with Crippen LogP contribution in [0.3, 0.4) is 0 Å². The molecule has 0 unspecified atom stereocenters. The fourth-order valence-electron chi connectivity index (χ4n) is 1.34. The molecule has 2 aromatic heterocycles. The Morgan fingerprint density at radius 1 is 1.36 bits per heavy atom. The van der Waals surface area contributed by atoms with E-state index in [4.69, 9.17) is 10.5 Å². The summed E-state index contributed by atoms with van der Waals surface area (Å²) in [6.07, 6.45) is 1.73. The molecular weight excluding hydrogens is 178 g/mol. The van der Waals surface area contributed by atoms with E-state index in [0.717, 1.165) is 16.6 Å². The van der Waals surface area contributed by atoms with Crippen molar-refractivity contribution in [3.63, 3.8) is 0 Å². The maximum Gasteiger partial charge on any atom is 0.213 e. The van der Waals surface area contributed by atoms with Crippen molar-refractivity contribution >= 4 is 11.0 Å². The van der Waals surface area contributed by atoms with E-state index in [2.05, 4.69) is 9.97 Å². The Hall–Kier alpha value is -1.68. The molecule has 0 spiro atoms. The van der Waals surface area contributed by atoms with Crippen molar-refractivity contribution < 1.29 is 4.74 Å². The normalized spacial score (nSPS) is 10.4. The first-order chi connectivity index (χ1) is 6.85. The van der Waals surface area contributed by atoms with Gasteiger partial charge >= 0.3 is 0 Å². The number of nitrogens with zero attached hydrogens (tertiary/aromatic N) is 2. The van der Waals surface area contributed by atoms with E-state index >= 15 is 0 Å². The molecule has 0 amide bonds. The fraction of sp³-hybridized carbons (Fsp3) is 0.200. The summed E-state index contributed by atoms with van der Waals surface area (Å²) in [5.74, 6) is 0.584. The van der Waals surface area contributed by atoms with E-state index < -0.39 is 0 Å². The zero-order valence-corrected chi connectivity index (χ0v) is 7.90. The van der Waals surface area contributed by atoms with Gasteiger partial charge in [0.25, 0.3) is 0 Å². The Morgan fingerprint density at radius 3 is 2.93 bits per heavy atom. The maximum atomic E-state index is 5.60. The molecule has 0 bridgehead atoms. The predicted octanol–water partition coefficient (Wildman–Crippen LogP) is 1.10. The Kier molecular flexibility index (Phi) is 2.28. The van der Waals surface area contributed by atoms with Crippen LogP contribution in [0, 0.1) is 0 Å². The van der Waals surface area contributed by atoms with Crippen molar-refractivity contribution in [3.8, 4) is 5.88 Å². The molecule has 4 heteroatoms. The fourth-order valence-corrected chi connectivity index (χ4v) is 1.34. The van der Waals surface area contributed by atoms with Crippen LogP contribution in [-0.2, 0) is 6.54 Å². The van der Waals surface area contributed by atoms with Gasteiger partial charge in [-0.05, 0) is 17.7 Å². The van der Waals surface area contributed by atoms with Gasteiger partial charge in [-0.1, -0.05) is 0 Å². The van der Waals surface area contributed by atoms with Crippen LogP contribution >= 0.6 is 0 Å². The van der Waals surface area contributed by atoms with Crippen LogP contribution in [0.4, 0.5) is 0 Å². The maximum absolute atomic E-state index is 5.60. The molecule has 2 heterocycles. The van der Waals surface area contributed by atoms with Gasteiger partial charge < -0.3 is 10.5 Å². The lowest BCUT2D eigenvalue weighted by Gasteiger charge is -2.04. The predicted molar refractivity (Wildman–Crippen MR) is 54.0 cm³/mol. The summed E-state index contributed by atoms with van der Waals surface area (Å²) in [7, 11) is 1.59. The SMILES string of the molecule is COc1ccc2nccc(CN)c2n1. The molecule has 0 atom stereocenters. The topological polar surface area (TPSA) is 61.0 Å². The number of hydrogen-bond acceptors (Lipinski definition) is 4.